The maximum absolute atomic E-state index is 13.0. The Morgan fingerprint density at radius 3 is 2.47 bits per heavy atom. The van der Waals surface area contributed by atoms with Gasteiger partial charge in [-0.15, -0.1) is 0 Å². The molecule has 0 fully saturated rings. The molecule has 0 saturated carbocycles. The van der Waals surface area contributed by atoms with Gasteiger partial charge in [0.1, 0.15) is 17.7 Å². The van der Waals surface area contributed by atoms with Crippen molar-refractivity contribution in [3.8, 4) is 5.75 Å². The van der Waals surface area contributed by atoms with E-state index in [0.29, 0.717) is 0 Å². The van der Waals surface area contributed by atoms with Crippen molar-refractivity contribution in [2.75, 3.05) is 7.11 Å². The maximum atomic E-state index is 13.0. The van der Waals surface area contributed by atoms with E-state index in [2.05, 4.69) is 15.9 Å². The second-order valence-corrected chi connectivity index (χ2v) is 3.64. The Morgan fingerprint density at radius 2 is 2.00 bits per heavy atom. The van der Waals surface area contributed by atoms with Gasteiger partial charge in [-0.2, -0.15) is 0 Å². The van der Waals surface area contributed by atoms with Crippen LogP contribution in [0.3, 0.4) is 0 Å². The number of aliphatic hydroxyl groups is 1. The molecule has 0 spiro atoms. The molecule has 1 unspecified atom stereocenters. The van der Waals surface area contributed by atoms with Crippen LogP contribution in [-0.2, 0) is 0 Å². The van der Waals surface area contributed by atoms with Crippen molar-refractivity contribution in [2.24, 2.45) is 0 Å². The molecule has 0 amide bonds. The number of rotatable bonds is 3. The summed E-state index contributed by atoms with van der Waals surface area (Å²) in [6, 6.07) is 2.01. The second-order valence-electron chi connectivity index (χ2n) is 2.79. The lowest BCUT2D eigenvalue weighted by atomic mass is 10.1. The largest absolute Gasteiger partial charge is 0.496 e. The highest BCUT2D eigenvalue weighted by Crippen LogP contribution is 2.33. The van der Waals surface area contributed by atoms with E-state index in [0.717, 1.165) is 12.1 Å². The standard InChI is InChI=1S/C9H8BrF3O2/c1-15-7-3-6(11)5(10)2-4(7)8(14)9(12)13/h2-3,8-9,14H,1H3. The predicted octanol–water partition coefficient (Wildman–Crippen LogP) is 2.90. The zero-order valence-electron chi connectivity index (χ0n) is 7.68. The summed E-state index contributed by atoms with van der Waals surface area (Å²) >= 11 is 2.84. The van der Waals surface area contributed by atoms with Crippen LogP contribution in [0.25, 0.3) is 0 Å². The van der Waals surface area contributed by atoms with Crippen molar-refractivity contribution in [1.29, 1.82) is 0 Å². The summed E-state index contributed by atoms with van der Waals surface area (Å²) in [5.74, 6) is -0.749. The van der Waals surface area contributed by atoms with Crippen LogP contribution in [0.1, 0.15) is 11.7 Å². The average Bonchev–Trinajstić information content (AvgIpc) is 2.20. The van der Waals surface area contributed by atoms with Gasteiger partial charge < -0.3 is 9.84 Å². The highest BCUT2D eigenvalue weighted by atomic mass is 79.9. The molecule has 15 heavy (non-hydrogen) atoms. The van der Waals surface area contributed by atoms with Crippen molar-refractivity contribution >= 4 is 15.9 Å². The molecule has 2 nitrogen and oxygen atoms in total. The number of ether oxygens (including phenoxy) is 1. The Hall–Kier alpha value is -0.750. The third-order valence-electron chi connectivity index (χ3n) is 1.83. The van der Waals surface area contributed by atoms with Crippen molar-refractivity contribution in [1.82, 2.24) is 0 Å². The molecular formula is C9H8BrF3O2. The van der Waals surface area contributed by atoms with E-state index in [1.165, 1.54) is 7.11 Å². The lowest BCUT2D eigenvalue weighted by molar-refractivity contribution is -0.00707. The van der Waals surface area contributed by atoms with Gasteiger partial charge in [-0.05, 0) is 22.0 Å². The van der Waals surface area contributed by atoms with Crippen LogP contribution in [0.2, 0.25) is 0 Å². The Balaban J connectivity index is 3.21. The van der Waals surface area contributed by atoms with Crippen LogP contribution in [0.5, 0.6) is 5.75 Å². The number of hydrogen-bond donors (Lipinski definition) is 1. The lowest BCUT2D eigenvalue weighted by Gasteiger charge is -2.14. The third-order valence-corrected chi connectivity index (χ3v) is 2.44. The van der Waals surface area contributed by atoms with Gasteiger partial charge in [-0.3, -0.25) is 0 Å². The van der Waals surface area contributed by atoms with Crippen molar-refractivity contribution in [3.05, 3.63) is 28.0 Å². The first-order chi connectivity index (χ1) is 6.97. The molecule has 1 N–H and O–H groups in total. The van der Waals surface area contributed by atoms with Crippen LogP contribution in [-0.4, -0.2) is 18.6 Å². The highest BCUT2D eigenvalue weighted by molar-refractivity contribution is 9.10. The summed E-state index contributed by atoms with van der Waals surface area (Å²) in [6.45, 7) is 0. The third kappa shape index (κ3) is 2.63. The monoisotopic (exact) mass is 284 g/mol. The van der Waals surface area contributed by atoms with E-state index in [1.54, 1.807) is 0 Å². The minimum atomic E-state index is -2.95. The molecule has 0 aliphatic heterocycles. The predicted molar refractivity (Wildman–Crippen MR) is 51.6 cm³/mol. The van der Waals surface area contributed by atoms with E-state index in [4.69, 9.17) is 9.84 Å². The van der Waals surface area contributed by atoms with Crippen molar-refractivity contribution in [2.45, 2.75) is 12.5 Å². The zero-order chi connectivity index (χ0) is 11.6. The number of alkyl halides is 2. The van der Waals surface area contributed by atoms with E-state index >= 15 is 0 Å². The lowest BCUT2D eigenvalue weighted by Crippen LogP contribution is -2.10. The fourth-order valence-electron chi connectivity index (χ4n) is 1.09. The second kappa shape index (κ2) is 4.85. The Labute approximate surface area is 92.8 Å². The van der Waals surface area contributed by atoms with Crippen molar-refractivity contribution in [3.63, 3.8) is 0 Å². The average molecular weight is 285 g/mol. The summed E-state index contributed by atoms with van der Waals surface area (Å²) in [4.78, 5) is 0. The molecule has 0 aliphatic rings. The molecular weight excluding hydrogens is 277 g/mol. The molecule has 1 aromatic rings. The van der Waals surface area contributed by atoms with Gasteiger partial charge in [-0.25, -0.2) is 13.2 Å². The van der Waals surface area contributed by atoms with Crippen LogP contribution in [0.4, 0.5) is 13.2 Å². The first-order valence-electron chi connectivity index (χ1n) is 3.96. The number of benzene rings is 1. The van der Waals surface area contributed by atoms with E-state index in [9.17, 15) is 13.2 Å². The van der Waals surface area contributed by atoms with Gasteiger partial charge in [0.2, 0.25) is 0 Å². The van der Waals surface area contributed by atoms with Crippen LogP contribution in [0.15, 0.2) is 16.6 Å². The fourth-order valence-corrected chi connectivity index (χ4v) is 1.45. The van der Waals surface area contributed by atoms with E-state index in [1.807, 2.05) is 0 Å². The molecule has 0 bridgehead atoms. The van der Waals surface area contributed by atoms with Crippen LogP contribution < -0.4 is 4.74 Å². The van der Waals surface area contributed by atoms with Gasteiger partial charge in [-0.1, -0.05) is 0 Å². The molecule has 0 radical (unpaired) electrons. The smallest absolute Gasteiger partial charge is 0.268 e. The number of hydrogen-bond acceptors (Lipinski definition) is 2. The number of halogens is 4. The first kappa shape index (κ1) is 12.3. The summed E-state index contributed by atoms with van der Waals surface area (Å²) in [5.41, 5.74) is -0.152. The summed E-state index contributed by atoms with van der Waals surface area (Å²) in [6.07, 6.45) is -4.94. The van der Waals surface area contributed by atoms with E-state index < -0.39 is 18.3 Å². The zero-order valence-corrected chi connectivity index (χ0v) is 9.26. The molecule has 0 saturated heterocycles. The van der Waals surface area contributed by atoms with Gasteiger partial charge >= 0.3 is 0 Å². The Kier molecular flexibility index (Phi) is 3.98. The van der Waals surface area contributed by atoms with Gasteiger partial charge in [0, 0.05) is 11.6 Å². The topological polar surface area (TPSA) is 29.5 Å². The molecule has 6 heteroatoms. The number of aliphatic hydroxyl groups excluding tert-OH is 1. The van der Waals surface area contributed by atoms with Gasteiger partial charge in [0.15, 0.2) is 0 Å². The molecule has 84 valence electrons. The highest BCUT2D eigenvalue weighted by Gasteiger charge is 2.24. The molecule has 0 aromatic heterocycles. The molecule has 1 atom stereocenters. The van der Waals surface area contributed by atoms with Gasteiger partial charge in [0.05, 0.1) is 11.6 Å². The first-order valence-corrected chi connectivity index (χ1v) is 4.75. The molecule has 0 heterocycles. The van der Waals surface area contributed by atoms with Crippen molar-refractivity contribution < 1.29 is 23.0 Å². The normalized spacial score (nSPS) is 13.0. The van der Waals surface area contributed by atoms with Gasteiger partial charge in [0.25, 0.3) is 6.43 Å². The number of methoxy groups -OCH3 is 1. The summed E-state index contributed by atoms with van der Waals surface area (Å²) in [7, 11) is 1.21. The fraction of sp³-hybridized carbons (Fsp3) is 0.333. The van der Waals surface area contributed by atoms with Crippen LogP contribution >= 0.6 is 15.9 Å². The molecule has 1 aromatic carbocycles. The molecule has 0 aliphatic carbocycles. The van der Waals surface area contributed by atoms with Crippen LogP contribution in [0, 0.1) is 5.82 Å². The Bertz CT molecular complexity index is 357. The SMILES string of the molecule is COc1cc(F)c(Br)cc1C(O)C(F)F. The molecule has 1 rings (SSSR count). The van der Waals surface area contributed by atoms with E-state index in [-0.39, 0.29) is 15.8 Å². The minimum Gasteiger partial charge on any atom is -0.496 e. The maximum Gasteiger partial charge on any atom is 0.268 e. The summed E-state index contributed by atoms with van der Waals surface area (Å²) in [5, 5.41) is 9.15. The summed E-state index contributed by atoms with van der Waals surface area (Å²) < 4.78 is 42.2. The quantitative estimate of drug-likeness (QED) is 0.925. The minimum absolute atomic E-state index is 0.00185. The Morgan fingerprint density at radius 1 is 1.40 bits per heavy atom.